The molecule has 1 fully saturated rings. The Bertz CT molecular complexity index is 512. The van der Waals surface area contributed by atoms with Crippen molar-refractivity contribution < 1.29 is 9.53 Å². The van der Waals surface area contributed by atoms with Crippen LogP contribution in [0.15, 0.2) is 18.2 Å². The number of hydrogen-bond donors (Lipinski definition) is 0. The number of benzene rings is 1. The number of nitrogens with zero attached hydrogens (tertiary/aromatic N) is 1. The van der Waals surface area contributed by atoms with E-state index in [1.165, 1.54) is 19.3 Å². The number of methoxy groups -OCH3 is 1. The summed E-state index contributed by atoms with van der Waals surface area (Å²) in [6, 6.07) is 5.24. The van der Waals surface area contributed by atoms with E-state index < -0.39 is 0 Å². The van der Waals surface area contributed by atoms with Crippen molar-refractivity contribution in [2.75, 3.05) is 26.7 Å². The van der Waals surface area contributed by atoms with Crippen molar-refractivity contribution in [1.82, 2.24) is 4.90 Å². The number of ketones is 1. The summed E-state index contributed by atoms with van der Waals surface area (Å²) in [6.45, 7) is 7.01. The van der Waals surface area contributed by atoms with Crippen molar-refractivity contribution in [3.8, 4) is 5.75 Å². The van der Waals surface area contributed by atoms with E-state index >= 15 is 0 Å². The monoisotopic (exact) mass is 309 g/mol. The normalized spacial score (nSPS) is 17.9. The van der Waals surface area contributed by atoms with E-state index in [-0.39, 0.29) is 5.78 Å². The van der Waals surface area contributed by atoms with Crippen molar-refractivity contribution in [3.63, 3.8) is 0 Å². The average molecular weight is 310 g/mol. The topological polar surface area (TPSA) is 29.5 Å². The van der Waals surface area contributed by atoms with Gasteiger partial charge in [0.2, 0.25) is 0 Å². The van der Waals surface area contributed by atoms with E-state index in [1.54, 1.807) is 25.3 Å². The summed E-state index contributed by atoms with van der Waals surface area (Å²) >= 11 is 6.09. The Morgan fingerprint density at radius 1 is 1.38 bits per heavy atom. The first-order chi connectivity index (χ1) is 10.0. The third-order valence-corrected chi connectivity index (χ3v) is 5.15. The minimum atomic E-state index is 0.127. The Hall–Kier alpha value is -1.06. The number of rotatable bonds is 6. The van der Waals surface area contributed by atoms with Crippen LogP contribution in [0.2, 0.25) is 5.02 Å². The van der Waals surface area contributed by atoms with Crippen molar-refractivity contribution in [2.45, 2.75) is 33.1 Å². The van der Waals surface area contributed by atoms with E-state index in [2.05, 4.69) is 18.7 Å². The number of carbonyl (C=O) groups excluding carboxylic acids is 1. The molecule has 0 saturated carbocycles. The van der Waals surface area contributed by atoms with Crippen LogP contribution in [0.3, 0.4) is 0 Å². The molecule has 0 bridgehead atoms. The maximum atomic E-state index is 12.4. The first-order valence-corrected chi connectivity index (χ1v) is 8.00. The molecule has 21 heavy (non-hydrogen) atoms. The Kier molecular flexibility index (Phi) is 5.28. The van der Waals surface area contributed by atoms with Crippen LogP contribution in [-0.4, -0.2) is 37.4 Å². The van der Waals surface area contributed by atoms with Crippen LogP contribution in [0, 0.1) is 5.41 Å². The van der Waals surface area contributed by atoms with Gasteiger partial charge in [-0.05, 0) is 49.4 Å². The van der Waals surface area contributed by atoms with Crippen LogP contribution in [0.5, 0.6) is 5.75 Å². The lowest BCUT2D eigenvalue weighted by atomic mass is 9.82. The molecule has 3 nitrogen and oxygen atoms in total. The second-order valence-electron chi connectivity index (χ2n) is 5.94. The Balaban J connectivity index is 2.01. The molecule has 1 saturated heterocycles. The van der Waals surface area contributed by atoms with Gasteiger partial charge in [0.05, 0.1) is 18.7 Å². The Morgan fingerprint density at radius 3 is 2.62 bits per heavy atom. The maximum Gasteiger partial charge on any atom is 0.176 e. The predicted molar refractivity (Wildman–Crippen MR) is 86.4 cm³/mol. The summed E-state index contributed by atoms with van der Waals surface area (Å²) in [5, 5.41) is 0.487. The van der Waals surface area contributed by atoms with Crippen molar-refractivity contribution in [3.05, 3.63) is 28.8 Å². The minimum Gasteiger partial charge on any atom is -0.495 e. The van der Waals surface area contributed by atoms with E-state index in [4.69, 9.17) is 16.3 Å². The number of halogens is 1. The highest BCUT2D eigenvalue weighted by atomic mass is 35.5. The molecular weight excluding hydrogens is 286 g/mol. The van der Waals surface area contributed by atoms with Crippen LogP contribution < -0.4 is 4.74 Å². The largest absolute Gasteiger partial charge is 0.495 e. The Morgan fingerprint density at radius 2 is 2.10 bits per heavy atom. The summed E-state index contributed by atoms with van der Waals surface area (Å²) < 4.78 is 5.12. The molecule has 0 radical (unpaired) electrons. The van der Waals surface area contributed by atoms with Crippen LogP contribution in [0.1, 0.15) is 43.5 Å². The summed E-state index contributed by atoms with van der Waals surface area (Å²) in [7, 11) is 1.57. The van der Waals surface area contributed by atoms with Gasteiger partial charge >= 0.3 is 0 Å². The molecule has 0 amide bonds. The van der Waals surface area contributed by atoms with Gasteiger partial charge in [-0.25, -0.2) is 0 Å². The lowest BCUT2D eigenvalue weighted by Gasteiger charge is -2.26. The molecule has 1 aliphatic rings. The van der Waals surface area contributed by atoms with Gasteiger partial charge in [-0.15, -0.1) is 0 Å². The average Bonchev–Trinajstić information content (AvgIpc) is 2.91. The van der Waals surface area contributed by atoms with Crippen LogP contribution in [0.4, 0.5) is 0 Å². The first-order valence-electron chi connectivity index (χ1n) is 7.62. The predicted octanol–water partition coefficient (Wildman–Crippen LogP) is 4.04. The second-order valence-corrected chi connectivity index (χ2v) is 6.35. The molecule has 1 aliphatic heterocycles. The van der Waals surface area contributed by atoms with Gasteiger partial charge in [0.1, 0.15) is 5.75 Å². The van der Waals surface area contributed by atoms with E-state index in [0.717, 1.165) is 13.1 Å². The fourth-order valence-electron chi connectivity index (χ4n) is 3.12. The maximum absolute atomic E-state index is 12.4. The van der Waals surface area contributed by atoms with Gasteiger partial charge in [-0.1, -0.05) is 25.4 Å². The van der Waals surface area contributed by atoms with Crippen molar-refractivity contribution >= 4 is 17.4 Å². The van der Waals surface area contributed by atoms with Gasteiger partial charge < -0.3 is 4.74 Å². The molecule has 2 rings (SSSR count). The van der Waals surface area contributed by atoms with Crippen molar-refractivity contribution in [2.24, 2.45) is 5.41 Å². The first kappa shape index (κ1) is 16.3. The molecule has 116 valence electrons. The fourth-order valence-corrected chi connectivity index (χ4v) is 3.38. The number of carbonyl (C=O) groups is 1. The fraction of sp³-hybridized carbons (Fsp3) is 0.588. The molecule has 0 N–H and O–H groups in total. The SMILES string of the molecule is CCC1(CC)CCN(CC(=O)c2ccc(OC)c(Cl)c2)C1. The molecule has 4 heteroatoms. The van der Waals surface area contributed by atoms with Crippen LogP contribution in [0.25, 0.3) is 0 Å². The highest BCUT2D eigenvalue weighted by Crippen LogP contribution is 2.37. The highest BCUT2D eigenvalue weighted by molar-refractivity contribution is 6.32. The van der Waals surface area contributed by atoms with Crippen LogP contribution >= 0.6 is 11.6 Å². The van der Waals surface area contributed by atoms with Crippen LogP contribution in [-0.2, 0) is 0 Å². The number of ether oxygens (including phenoxy) is 1. The minimum absolute atomic E-state index is 0.127. The van der Waals surface area contributed by atoms with Gasteiger partial charge in [-0.3, -0.25) is 9.69 Å². The quantitative estimate of drug-likeness (QED) is 0.743. The molecule has 1 aromatic carbocycles. The van der Waals surface area contributed by atoms with Gasteiger partial charge in [0, 0.05) is 12.1 Å². The molecule has 1 heterocycles. The molecule has 1 aromatic rings. The second kappa shape index (κ2) is 6.80. The standard InChI is InChI=1S/C17H24ClNO2/c1-4-17(5-2)8-9-19(12-17)11-15(20)13-6-7-16(21-3)14(18)10-13/h6-7,10H,4-5,8-9,11-12H2,1-3H3. The highest BCUT2D eigenvalue weighted by Gasteiger charge is 2.35. The number of likely N-dealkylation sites (tertiary alicyclic amines) is 1. The number of Topliss-reactive ketones (excluding diaryl/α,β-unsaturated/α-hetero) is 1. The lowest BCUT2D eigenvalue weighted by molar-refractivity contribution is 0.0936. The molecule has 0 spiro atoms. The van der Waals surface area contributed by atoms with Crippen molar-refractivity contribution in [1.29, 1.82) is 0 Å². The molecule has 0 aromatic heterocycles. The third kappa shape index (κ3) is 3.58. The van der Waals surface area contributed by atoms with E-state index in [9.17, 15) is 4.79 Å². The Labute approximate surface area is 132 Å². The smallest absolute Gasteiger partial charge is 0.176 e. The zero-order valence-electron chi connectivity index (χ0n) is 13.1. The zero-order chi connectivity index (χ0) is 15.5. The third-order valence-electron chi connectivity index (χ3n) is 4.86. The summed E-state index contributed by atoms with van der Waals surface area (Å²) in [4.78, 5) is 14.7. The van der Waals surface area contributed by atoms with Gasteiger partial charge in [-0.2, -0.15) is 0 Å². The van der Waals surface area contributed by atoms with Gasteiger partial charge in [0.15, 0.2) is 5.78 Å². The van der Waals surface area contributed by atoms with E-state index in [0.29, 0.717) is 28.3 Å². The zero-order valence-corrected chi connectivity index (χ0v) is 13.9. The molecule has 0 atom stereocenters. The summed E-state index contributed by atoms with van der Waals surface area (Å²) in [6.07, 6.45) is 3.56. The molecular formula is C17H24ClNO2. The van der Waals surface area contributed by atoms with E-state index in [1.807, 2.05) is 0 Å². The number of hydrogen-bond acceptors (Lipinski definition) is 3. The lowest BCUT2D eigenvalue weighted by Crippen LogP contribution is -2.30. The summed E-state index contributed by atoms with van der Waals surface area (Å²) in [5.41, 5.74) is 1.06. The molecule has 0 aliphatic carbocycles. The summed E-state index contributed by atoms with van der Waals surface area (Å²) in [5.74, 6) is 0.730. The molecule has 0 unspecified atom stereocenters. The van der Waals surface area contributed by atoms with Gasteiger partial charge in [0.25, 0.3) is 0 Å².